The molecular formula is C12H16BrNO3S. The highest BCUT2D eigenvalue weighted by Crippen LogP contribution is 2.21. The molecule has 0 radical (unpaired) electrons. The standard InChI is InChI=1S/C12H16BrNO3S/c13-9-2-1-3-12(8-9)18(16,17)14-10-4-6-11(15)7-5-10/h1-3,8,10-11,14-15H,4-7H2. The van der Waals surface area contributed by atoms with Gasteiger partial charge in [0.05, 0.1) is 11.0 Å². The minimum atomic E-state index is -3.46. The summed E-state index contributed by atoms with van der Waals surface area (Å²) in [5.41, 5.74) is 0. The van der Waals surface area contributed by atoms with Gasteiger partial charge in [0.1, 0.15) is 0 Å². The quantitative estimate of drug-likeness (QED) is 0.889. The van der Waals surface area contributed by atoms with Crippen molar-refractivity contribution in [1.82, 2.24) is 4.72 Å². The van der Waals surface area contributed by atoms with Gasteiger partial charge in [-0.05, 0) is 43.9 Å². The van der Waals surface area contributed by atoms with Crippen molar-refractivity contribution in [2.24, 2.45) is 0 Å². The van der Waals surface area contributed by atoms with Crippen LogP contribution < -0.4 is 4.72 Å². The van der Waals surface area contributed by atoms with Crippen LogP contribution in [-0.4, -0.2) is 25.7 Å². The van der Waals surface area contributed by atoms with Crippen molar-refractivity contribution in [2.45, 2.75) is 42.7 Å². The van der Waals surface area contributed by atoms with Crippen LogP contribution in [0.25, 0.3) is 0 Å². The first-order chi connectivity index (χ1) is 8.47. The Bertz CT molecular complexity index is 510. The maximum absolute atomic E-state index is 12.1. The van der Waals surface area contributed by atoms with Crippen LogP contribution in [0.5, 0.6) is 0 Å². The molecule has 0 atom stereocenters. The first-order valence-electron chi connectivity index (χ1n) is 5.93. The number of benzene rings is 1. The normalized spacial score (nSPS) is 25.0. The van der Waals surface area contributed by atoms with Crippen LogP contribution in [0.2, 0.25) is 0 Å². The molecule has 0 heterocycles. The molecule has 6 heteroatoms. The van der Waals surface area contributed by atoms with E-state index in [1.54, 1.807) is 24.3 Å². The lowest BCUT2D eigenvalue weighted by molar-refractivity contribution is 0.120. The molecule has 2 rings (SSSR count). The summed E-state index contributed by atoms with van der Waals surface area (Å²) in [6.07, 6.45) is 2.41. The van der Waals surface area contributed by atoms with Crippen molar-refractivity contribution in [3.8, 4) is 0 Å². The third-order valence-corrected chi connectivity index (χ3v) is 5.14. The smallest absolute Gasteiger partial charge is 0.240 e. The van der Waals surface area contributed by atoms with Crippen LogP contribution in [0.1, 0.15) is 25.7 Å². The number of nitrogens with one attached hydrogen (secondary N) is 1. The van der Waals surface area contributed by atoms with E-state index in [0.29, 0.717) is 25.7 Å². The highest BCUT2D eigenvalue weighted by molar-refractivity contribution is 9.10. The van der Waals surface area contributed by atoms with Gasteiger partial charge >= 0.3 is 0 Å². The van der Waals surface area contributed by atoms with Gasteiger partial charge in [-0.15, -0.1) is 0 Å². The molecule has 1 fully saturated rings. The third-order valence-electron chi connectivity index (χ3n) is 3.12. The Morgan fingerprint density at radius 3 is 2.50 bits per heavy atom. The molecule has 100 valence electrons. The molecule has 4 nitrogen and oxygen atoms in total. The third kappa shape index (κ3) is 3.54. The van der Waals surface area contributed by atoms with Gasteiger partial charge in [-0.3, -0.25) is 0 Å². The van der Waals surface area contributed by atoms with Crippen LogP contribution in [0.4, 0.5) is 0 Å². The van der Waals surface area contributed by atoms with Crippen LogP contribution >= 0.6 is 15.9 Å². The average Bonchev–Trinajstić information content (AvgIpc) is 2.32. The Kier molecular flexibility index (Phi) is 4.42. The van der Waals surface area contributed by atoms with E-state index in [9.17, 15) is 13.5 Å². The van der Waals surface area contributed by atoms with Gasteiger partial charge < -0.3 is 5.11 Å². The Hall–Kier alpha value is -0.430. The maximum Gasteiger partial charge on any atom is 0.240 e. The molecule has 2 N–H and O–H groups in total. The van der Waals surface area contributed by atoms with Gasteiger partial charge in [-0.1, -0.05) is 22.0 Å². The monoisotopic (exact) mass is 333 g/mol. The number of hydrogen-bond acceptors (Lipinski definition) is 3. The molecule has 1 aliphatic rings. The zero-order chi connectivity index (χ0) is 13.2. The van der Waals surface area contributed by atoms with Crippen LogP contribution in [0, 0.1) is 0 Å². The van der Waals surface area contributed by atoms with Crippen LogP contribution in [0.3, 0.4) is 0 Å². The SMILES string of the molecule is O=S(=O)(NC1CCC(O)CC1)c1cccc(Br)c1. The Balaban J connectivity index is 2.08. The first-order valence-corrected chi connectivity index (χ1v) is 8.21. The number of hydrogen-bond donors (Lipinski definition) is 2. The van der Waals surface area contributed by atoms with Gasteiger partial charge in [-0.25, -0.2) is 13.1 Å². The predicted octanol–water partition coefficient (Wildman–Crippen LogP) is 2.03. The molecule has 0 bridgehead atoms. The lowest BCUT2D eigenvalue weighted by atomic mass is 9.94. The summed E-state index contributed by atoms with van der Waals surface area (Å²) >= 11 is 3.26. The molecule has 0 aromatic heterocycles. The molecule has 0 saturated heterocycles. The zero-order valence-corrected chi connectivity index (χ0v) is 12.2. The van der Waals surface area contributed by atoms with E-state index in [4.69, 9.17) is 0 Å². The fourth-order valence-corrected chi connectivity index (χ4v) is 4.02. The lowest BCUT2D eigenvalue weighted by Gasteiger charge is -2.25. The molecule has 0 unspecified atom stereocenters. The van der Waals surface area contributed by atoms with Gasteiger partial charge in [0, 0.05) is 10.5 Å². The summed E-state index contributed by atoms with van der Waals surface area (Å²) in [4.78, 5) is 0.267. The number of halogens is 1. The highest BCUT2D eigenvalue weighted by atomic mass is 79.9. The van der Waals surface area contributed by atoms with E-state index in [0.717, 1.165) is 4.47 Å². The summed E-state index contributed by atoms with van der Waals surface area (Å²) in [7, 11) is -3.46. The fourth-order valence-electron chi connectivity index (χ4n) is 2.12. The molecule has 1 saturated carbocycles. The summed E-state index contributed by atoms with van der Waals surface area (Å²) in [6.45, 7) is 0. The number of rotatable bonds is 3. The van der Waals surface area contributed by atoms with Crippen molar-refractivity contribution in [3.05, 3.63) is 28.7 Å². The average molecular weight is 334 g/mol. The van der Waals surface area contributed by atoms with E-state index in [1.165, 1.54) is 0 Å². The minimum absolute atomic E-state index is 0.0719. The van der Waals surface area contributed by atoms with Crippen molar-refractivity contribution in [3.63, 3.8) is 0 Å². The Morgan fingerprint density at radius 2 is 1.89 bits per heavy atom. The lowest BCUT2D eigenvalue weighted by Crippen LogP contribution is -2.38. The largest absolute Gasteiger partial charge is 0.393 e. The van der Waals surface area contributed by atoms with E-state index in [1.807, 2.05) is 0 Å². The fraction of sp³-hybridized carbons (Fsp3) is 0.500. The van der Waals surface area contributed by atoms with E-state index < -0.39 is 10.0 Å². The summed E-state index contributed by atoms with van der Waals surface area (Å²) in [5.74, 6) is 0. The number of aliphatic hydroxyl groups is 1. The molecule has 1 aromatic rings. The van der Waals surface area contributed by atoms with Crippen molar-refractivity contribution >= 4 is 26.0 Å². The molecule has 0 amide bonds. The number of sulfonamides is 1. The second-order valence-electron chi connectivity index (χ2n) is 4.58. The second kappa shape index (κ2) is 5.69. The van der Waals surface area contributed by atoms with Crippen molar-refractivity contribution in [1.29, 1.82) is 0 Å². The molecule has 18 heavy (non-hydrogen) atoms. The topological polar surface area (TPSA) is 66.4 Å². The second-order valence-corrected chi connectivity index (χ2v) is 7.21. The van der Waals surface area contributed by atoms with Crippen molar-refractivity contribution in [2.75, 3.05) is 0 Å². The Labute approximate surface area is 116 Å². The first kappa shape index (κ1) is 14.0. The van der Waals surface area contributed by atoms with Gasteiger partial charge in [0.15, 0.2) is 0 Å². The zero-order valence-electron chi connectivity index (χ0n) is 9.84. The van der Waals surface area contributed by atoms with Crippen LogP contribution in [-0.2, 0) is 10.0 Å². The summed E-state index contributed by atoms with van der Waals surface area (Å²) in [5, 5.41) is 9.40. The van der Waals surface area contributed by atoms with Crippen molar-refractivity contribution < 1.29 is 13.5 Å². The van der Waals surface area contributed by atoms with E-state index in [-0.39, 0.29) is 17.0 Å². The predicted molar refractivity (Wildman–Crippen MR) is 72.7 cm³/mol. The van der Waals surface area contributed by atoms with Crippen LogP contribution in [0.15, 0.2) is 33.6 Å². The molecule has 1 aromatic carbocycles. The van der Waals surface area contributed by atoms with Gasteiger partial charge in [-0.2, -0.15) is 0 Å². The maximum atomic E-state index is 12.1. The minimum Gasteiger partial charge on any atom is -0.393 e. The summed E-state index contributed by atoms with van der Waals surface area (Å²) in [6, 6.07) is 6.57. The molecule has 0 spiro atoms. The van der Waals surface area contributed by atoms with E-state index in [2.05, 4.69) is 20.7 Å². The van der Waals surface area contributed by atoms with Gasteiger partial charge in [0.25, 0.3) is 0 Å². The molecule has 1 aliphatic carbocycles. The molecule has 0 aliphatic heterocycles. The Morgan fingerprint density at radius 1 is 1.22 bits per heavy atom. The van der Waals surface area contributed by atoms with E-state index >= 15 is 0 Å². The van der Waals surface area contributed by atoms with Gasteiger partial charge in [0.2, 0.25) is 10.0 Å². The molecular weight excluding hydrogens is 318 g/mol. The summed E-state index contributed by atoms with van der Waals surface area (Å²) < 4.78 is 27.7. The number of aliphatic hydroxyl groups excluding tert-OH is 1. The highest BCUT2D eigenvalue weighted by Gasteiger charge is 2.24.